The minimum atomic E-state index is -0.411. The van der Waals surface area contributed by atoms with E-state index in [1.165, 1.54) is 7.11 Å². The number of hydrogen-bond donors (Lipinski definition) is 3. The molecule has 0 unspecified atom stereocenters. The minimum absolute atomic E-state index is 0.213. The lowest BCUT2D eigenvalue weighted by atomic mass is 10.1. The van der Waals surface area contributed by atoms with Crippen LogP contribution < -0.4 is 20.7 Å². The van der Waals surface area contributed by atoms with E-state index < -0.39 is 6.03 Å². The number of aromatic nitrogens is 1. The normalized spacial score (nSPS) is 10.4. The third kappa shape index (κ3) is 6.24. The van der Waals surface area contributed by atoms with Crippen molar-refractivity contribution in [2.45, 2.75) is 13.8 Å². The zero-order valence-electron chi connectivity index (χ0n) is 16.5. The number of carbonyl (C=O) groups excluding carboxylic acids is 2. The van der Waals surface area contributed by atoms with E-state index in [0.29, 0.717) is 29.2 Å². The van der Waals surface area contributed by atoms with Gasteiger partial charge in [0.15, 0.2) is 0 Å². The highest BCUT2D eigenvalue weighted by Gasteiger charge is 2.14. The number of nitrogens with one attached hydrogen (secondary N) is 3. The van der Waals surface area contributed by atoms with Gasteiger partial charge in [-0.1, -0.05) is 13.8 Å². The second-order valence-corrected chi connectivity index (χ2v) is 6.02. The van der Waals surface area contributed by atoms with Crippen molar-refractivity contribution in [1.82, 2.24) is 15.2 Å². The van der Waals surface area contributed by atoms with Gasteiger partial charge in [-0.3, -0.25) is 9.78 Å². The van der Waals surface area contributed by atoms with Gasteiger partial charge in [0, 0.05) is 31.0 Å². The molecule has 0 spiro atoms. The maximum absolute atomic E-state index is 12.4. The molecule has 8 heteroatoms. The summed E-state index contributed by atoms with van der Waals surface area (Å²) in [6.07, 6.45) is 3.17. The molecule has 0 fully saturated rings. The van der Waals surface area contributed by atoms with Crippen LogP contribution in [0.3, 0.4) is 0 Å². The second-order valence-electron chi connectivity index (χ2n) is 6.02. The molecule has 2 rings (SSSR count). The zero-order valence-corrected chi connectivity index (χ0v) is 16.5. The highest BCUT2D eigenvalue weighted by atomic mass is 16.5. The molecule has 0 aliphatic rings. The minimum Gasteiger partial charge on any atom is -0.496 e. The van der Waals surface area contributed by atoms with Gasteiger partial charge in [-0.25, -0.2) is 4.79 Å². The van der Waals surface area contributed by atoms with Gasteiger partial charge < -0.3 is 25.6 Å². The van der Waals surface area contributed by atoms with Gasteiger partial charge in [0.25, 0.3) is 5.91 Å². The molecule has 0 bridgehead atoms. The van der Waals surface area contributed by atoms with Crippen LogP contribution in [0, 0.1) is 0 Å². The number of likely N-dealkylation sites (N-methyl/N-ethyl adjacent to an activating group) is 1. The van der Waals surface area contributed by atoms with Gasteiger partial charge in [0.2, 0.25) is 0 Å². The number of nitrogens with zero attached hydrogens (tertiary/aromatic N) is 2. The average molecular weight is 385 g/mol. The lowest BCUT2D eigenvalue weighted by molar-refractivity contribution is 0.0946. The maximum atomic E-state index is 12.4. The fourth-order valence-corrected chi connectivity index (χ4v) is 2.65. The molecule has 28 heavy (non-hydrogen) atoms. The van der Waals surface area contributed by atoms with Gasteiger partial charge in [0.1, 0.15) is 5.75 Å². The van der Waals surface area contributed by atoms with Crippen molar-refractivity contribution >= 4 is 23.3 Å². The van der Waals surface area contributed by atoms with Crippen molar-refractivity contribution in [1.29, 1.82) is 0 Å². The highest BCUT2D eigenvalue weighted by molar-refractivity contribution is 6.01. The van der Waals surface area contributed by atoms with E-state index in [1.54, 1.807) is 42.7 Å². The molecule has 1 aromatic heterocycles. The molecule has 0 atom stereocenters. The van der Waals surface area contributed by atoms with Crippen LogP contribution in [0.25, 0.3) is 0 Å². The Labute approximate surface area is 165 Å². The summed E-state index contributed by atoms with van der Waals surface area (Å²) in [5.74, 6) is 0.176. The molecular weight excluding hydrogens is 358 g/mol. The predicted octanol–water partition coefficient (Wildman–Crippen LogP) is 2.81. The smallest absolute Gasteiger partial charge is 0.323 e. The quantitative estimate of drug-likeness (QED) is 0.617. The summed E-state index contributed by atoms with van der Waals surface area (Å²) in [7, 11) is 1.49. The number of methoxy groups -OCH3 is 1. The zero-order chi connectivity index (χ0) is 20.4. The third-order valence-electron chi connectivity index (χ3n) is 4.23. The molecule has 8 nitrogen and oxygen atoms in total. The van der Waals surface area contributed by atoms with E-state index in [4.69, 9.17) is 4.74 Å². The lowest BCUT2D eigenvalue weighted by Gasteiger charge is -2.18. The van der Waals surface area contributed by atoms with Crippen LogP contribution in [0.15, 0.2) is 42.7 Å². The monoisotopic (exact) mass is 385 g/mol. The largest absolute Gasteiger partial charge is 0.496 e. The van der Waals surface area contributed by atoms with Crippen molar-refractivity contribution in [3.63, 3.8) is 0 Å². The first kappa shape index (κ1) is 21.2. The molecule has 0 aliphatic heterocycles. The Morgan fingerprint density at radius 2 is 1.86 bits per heavy atom. The standard InChI is InChI=1S/C20H27N5O3/c1-4-25(5-2)12-11-22-19(26)17-9-8-15(13-18(17)28-3)23-20(27)24-16-7-6-10-21-14-16/h6-10,13-14H,4-5,11-12H2,1-3H3,(H,22,26)(H2,23,24,27). The number of hydrogen-bond acceptors (Lipinski definition) is 5. The van der Waals surface area contributed by atoms with Crippen molar-refractivity contribution in [2.24, 2.45) is 0 Å². The molecule has 0 saturated carbocycles. The fraction of sp³-hybridized carbons (Fsp3) is 0.350. The van der Waals surface area contributed by atoms with Crippen LogP contribution in [0.5, 0.6) is 5.75 Å². The third-order valence-corrected chi connectivity index (χ3v) is 4.23. The number of ether oxygens (including phenoxy) is 1. The van der Waals surface area contributed by atoms with Crippen molar-refractivity contribution in [3.05, 3.63) is 48.3 Å². The van der Waals surface area contributed by atoms with Crippen molar-refractivity contribution < 1.29 is 14.3 Å². The highest BCUT2D eigenvalue weighted by Crippen LogP contribution is 2.23. The van der Waals surface area contributed by atoms with Crippen molar-refractivity contribution in [2.75, 3.05) is 43.9 Å². The average Bonchev–Trinajstić information content (AvgIpc) is 2.71. The van der Waals surface area contributed by atoms with Gasteiger partial charge in [0.05, 0.1) is 24.6 Å². The van der Waals surface area contributed by atoms with E-state index in [9.17, 15) is 9.59 Å². The fourth-order valence-electron chi connectivity index (χ4n) is 2.65. The number of rotatable bonds is 9. The molecule has 2 aromatic rings. The summed E-state index contributed by atoms with van der Waals surface area (Å²) in [6, 6.07) is 7.95. The van der Waals surface area contributed by atoms with Crippen LogP contribution >= 0.6 is 0 Å². The second kappa shape index (κ2) is 10.9. The topological polar surface area (TPSA) is 95.6 Å². The molecular formula is C20H27N5O3. The molecule has 0 aliphatic carbocycles. The Kier molecular flexibility index (Phi) is 8.23. The van der Waals surface area contributed by atoms with E-state index >= 15 is 0 Å². The van der Waals surface area contributed by atoms with E-state index in [1.807, 2.05) is 0 Å². The van der Waals surface area contributed by atoms with Crippen LogP contribution in [-0.4, -0.2) is 55.1 Å². The molecule has 1 aromatic carbocycles. The maximum Gasteiger partial charge on any atom is 0.323 e. The molecule has 1 heterocycles. The first-order valence-electron chi connectivity index (χ1n) is 9.24. The summed E-state index contributed by atoms with van der Waals surface area (Å²) in [6.45, 7) is 7.40. The summed E-state index contributed by atoms with van der Waals surface area (Å²) < 4.78 is 5.32. The van der Waals surface area contributed by atoms with Crippen LogP contribution in [0.4, 0.5) is 16.2 Å². The molecule has 150 valence electrons. The van der Waals surface area contributed by atoms with E-state index in [2.05, 4.69) is 39.7 Å². The van der Waals surface area contributed by atoms with Gasteiger partial charge in [-0.15, -0.1) is 0 Å². The van der Waals surface area contributed by atoms with Crippen molar-refractivity contribution in [3.8, 4) is 5.75 Å². The summed E-state index contributed by atoms with van der Waals surface area (Å²) >= 11 is 0. The number of urea groups is 1. The first-order valence-corrected chi connectivity index (χ1v) is 9.24. The number of benzene rings is 1. The Bertz CT molecular complexity index is 779. The van der Waals surface area contributed by atoms with E-state index in [-0.39, 0.29) is 5.91 Å². The number of pyridine rings is 1. The Morgan fingerprint density at radius 3 is 2.50 bits per heavy atom. The lowest BCUT2D eigenvalue weighted by Crippen LogP contribution is -2.34. The molecule has 0 saturated heterocycles. The molecule has 0 radical (unpaired) electrons. The van der Waals surface area contributed by atoms with E-state index in [0.717, 1.165) is 19.6 Å². The number of amides is 3. The SMILES string of the molecule is CCN(CC)CCNC(=O)c1ccc(NC(=O)Nc2cccnc2)cc1OC. The number of carbonyl (C=O) groups is 2. The Balaban J connectivity index is 1.97. The Morgan fingerprint density at radius 1 is 1.11 bits per heavy atom. The van der Waals surface area contributed by atoms with Gasteiger partial charge in [-0.05, 0) is 37.4 Å². The molecule has 3 amide bonds. The number of anilines is 2. The van der Waals surface area contributed by atoms with Crippen LogP contribution in [-0.2, 0) is 0 Å². The summed E-state index contributed by atoms with van der Waals surface area (Å²) in [5.41, 5.74) is 1.51. The van der Waals surface area contributed by atoms with Gasteiger partial charge in [-0.2, -0.15) is 0 Å². The van der Waals surface area contributed by atoms with Crippen LogP contribution in [0.2, 0.25) is 0 Å². The predicted molar refractivity (Wildman–Crippen MR) is 110 cm³/mol. The Hall–Kier alpha value is -3.13. The summed E-state index contributed by atoms with van der Waals surface area (Å²) in [4.78, 5) is 30.7. The first-order chi connectivity index (χ1) is 13.6. The van der Waals surface area contributed by atoms with Gasteiger partial charge >= 0.3 is 6.03 Å². The summed E-state index contributed by atoms with van der Waals surface area (Å²) in [5, 5.41) is 8.28. The molecule has 3 N–H and O–H groups in total. The van der Waals surface area contributed by atoms with Crippen LogP contribution in [0.1, 0.15) is 24.2 Å².